The minimum Gasteiger partial charge on any atom is -0.455 e. The lowest BCUT2D eigenvalue weighted by atomic mass is 9.88. The number of benzene rings is 4. The van der Waals surface area contributed by atoms with Crippen molar-refractivity contribution in [3.63, 3.8) is 0 Å². The van der Waals surface area contributed by atoms with Crippen LogP contribution in [0.1, 0.15) is 35.6 Å². The molecule has 0 radical (unpaired) electrons. The first kappa shape index (κ1) is 22.5. The fourth-order valence-corrected chi connectivity index (χ4v) is 7.52. The van der Waals surface area contributed by atoms with Crippen LogP contribution >= 0.6 is 0 Å². The number of hydrogen-bond acceptors (Lipinski definition) is 4. The highest BCUT2D eigenvalue weighted by Gasteiger charge is 2.77. The Hall–Kier alpha value is -4.26. The van der Waals surface area contributed by atoms with Gasteiger partial charge in [0.15, 0.2) is 5.82 Å². The average Bonchev–Trinajstić information content (AvgIpc) is 3.24. The molecule has 1 N–H and O–H groups in total. The highest BCUT2D eigenvalue weighted by molar-refractivity contribution is 6.19. The molecule has 196 valence electrons. The molecule has 0 bridgehead atoms. The van der Waals surface area contributed by atoms with Gasteiger partial charge in [-0.1, -0.05) is 37.3 Å². The molecule has 4 aromatic carbocycles. The van der Waals surface area contributed by atoms with E-state index in [-0.39, 0.29) is 5.92 Å². The Morgan fingerprint density at radius 3 is 2.52 bits per heavy atom. The van der Waals surface area contributed by atoms with Crippen LogP contribution in [-0.4, -0.2) is 18.0 Å². The van der Waals surface area contributed by atoms with E-state index in [0.717, 1.165) is 67.1 Å². The molecule has 40 heavy (non-hydrogen) atoms. The van der Waals surface area contributed by atoms with Crippen molar-refractivity contribution >= 4 is 54.6 Å². The zero-order valence-corrected chi connectivity index (χ0v) is 22.2. The van der Waals surface area contributed by atoms with Crippen LogP contribution in [0.15, 0.2) is 75.7 Å². The van der Waals surface area contributed by atoms with E-state index in [9.17, 15) is 5.11 Å². The van der Waals surface area contributed by atoms with Gasteiger partial charge in [0.2, 0.25) is 23.7 Å². The van der Waals surface area contributed by atoms with Gasteiger partial charge in [0.1, 0.15) is 28.2 Å². The number of ether oxygens (including phenoxy) is 1. The van der Waals surface area contributed by atoms with E-state index in [1.165, 1.54) is 18.9 Å². The van der Waals surface area contributed by atoms with Crippen LogP contribution < -0.4 is 4.57 Å². The normalized spacial score (nSPS) is 21.4. The molecule has 1 fully saturated rings. The summed E-state index contributed by atoms with van der Waals surface area (Å²) in [6, 6.07) is 19.7. The van der Waals surface area contributed by atoms with Crippen LogP contribution in [0, 0.1) is 12.7 Å². The fraction of sp³-hybridized carbons (Fsp3) is 0.206. The lowest BCUT2D eigenvalue weighted by molar-refractivity contribution is -0.702. The molecule has 6 heteroatoms. The number of aliphatic hydroxyl groups is 1. The molecule has 0 amide bonds. The van der Waals surface area contributed by atoms with Crippen LogP contribution in [0.3, 0.4) is 0 Å². The monoisotopic (exact) mass is 530 g/mol. The van der Waals surface area contributed by atoms with Gasteiger partial charge < -0.3 is 18.7 Å². The van der Waals surface area contributed by atoms with E-state index < -0.39 is 17.6 Å². The number of furan rings is 2. The number of para-hydroxylation sites is 1. The lowest BCUT2D eigenvalue weighted by Crippen LogP contribution is -2.41. The van der Waals surface area contributed by atoms with Crippen LogP contribution in [-0.2, 0) is 11.2 Å². The summed E-state index contributed by atoms with van der Waals surface area (Å²) in [5.41, 5.74) is 7.65. The Morgan fingerprint density at radius 2 is 1.70 bits per heavy atom. The summed E-state index contributed by atoms with van der Waals surface area (Å²) in [5, 5.41) is 16.7. The molecule has 0 spiro atoms. The van der Waals surface area contributed by atoms with Gasteiger partial charge in [-0.15, -0.1) is 0 Å². The second kappa shape index (κ2) is 7.27. The van der Waals surface area contributed by atoms with Gasteiger partial charge in [0.25, 0.3) is 0 Å². The summed E-state index contributed by atoms with van der Waals surface area (Å²) < 4.78 is 36.7. The first-order valence-corrected chi connectivity index (χ1v) is 13.7. The maximum absolute atomic E-state index is 16.3. The first-order valence-electron chi connectivity index (χ1n) is 13.7. The molecule has 5 nitrogen and oxygen atoms in total. The Labute approximate surface area is 228 Å². The minimum atomic E-state index is -1.45. The quantitative estimate of drug-likeness (QED) is 0.185. The van der Waals surface area contributed by atoms with E-state index in [1.807, 2.05) is 47.0 Å². The van der Waals surface area contributed by atoms with Crippen molar-refractivity contribution in [1.29, 1.82) is 0 Å². The van der Waals surface area contributed by atoms with Crippen LogP contribution in [0.2, 0.25) is 0 Å². The molecule has 7 aromatic rings. The molecule has 1 aliphatic heterocycles. The van der Waals surface area contributed by atoms with Crippen molar-refractivity contribution in [3.05, 3.63) is 89.4 Å². The number of halogens is 1. The summed E-state index contributed by atoms with van der Waals surface area (Å²) in [5.74, 6) is -2.20. The number of aromatic nitrogens is 1. The molecule has 2 aliphatic rings. The summed E-state index contributed by atoms with van der Waals surface area (Å²) in [6.07, 6.45) is 2.35. The highest BCUT2D eigenvalue weighted by Crippen LogP contribution is 2.65. The average molecular weight is 531 g/mol. The zero-order valence-electron chi connectivity index (χ0n) is 22.2. The molecule has 3 atom stereocenters. The largest absolute Gasteiger partial charge is 0.455 e. The van der Waals surface area contributed by atoms with Gasteiger partial charge in [-0.2, -0.15) is 8.96 Å². The standard InChI is InChI=1S/C34H25FNO4/c1-4-17-8-7-11-24-26(17)20-13-12-19-27(31(20)40-24)22(35)15-36-30(19)28-25(29-33(36)34(29,37)38-3)16(2)14-21-18-9-5-6-10-23(18)39-32(21)28/h5-15,29,33,37H,4H2,1-3H3/q+1. The summed E-state index contributed by atoms with van der Waals surface area (Å²) in [4.78, 5) is 0. The first-order chi connectivity index (χ1) is 19.5. The number of methoxy groups -OCH3 is 1. The summed E-state index contributed by atoms with van der Waals surface area (Å²) in [7, 11) is 1.51. The second-order valence-electron chi connectivity index (χ2n) is 11.2. The van der Waals surface area contributed by atoms with Gasteiger partial charge in [-0.3, -0.25) is 0 Å². The van der Waals surface area contributed by atoms with E-state index in [4.69, 9.17) is 13.6 Å². The Balaban J connectivity index is 1.49. The smallest absolute Gasteiger partial charge is 0.244 e. The maximum Gasteiger partial charge on any atom is 0.244 e. The van der Waals surface area contributed by atoms with Gasteiger partial charge in [-0.05, 0) is 60.4 Å². The van der Waals surface area contributed by atoms with E-state index in [2.05, 4.69) is 32.0 Å². The third-order valence-electron chi connectivity index (χ3n) is 9.30. The number of pyridine rings is 1. The molecule has 1 aliphatic carbocycles. The van der Waals surface area contributed by atoms with Crippen molar-refractivity contribution in [2.24, 2.45) is 0 Å². The summed E-state index contributed by atoms with van der Waals surface area (Å²) >= 11 is 0. The SMILES string of the molecule is CCc1cccc2oc3c(ccc4c5[n+](cc(F)c43)C3C(c4c(C)cc6c(oc7ccccc76)c4-5)C3(O)OC)c12. The van der Waals surface area contributed by atoms with Crippen molar-refractivity contribution in [3.8, 4) is 11.3 Å². The minimum absolute atomic E-state index is 0.346. The third kappa shape index (κ3) is 2.48. The fourth-order valence-electron chi connectivity index (χ4n) is 7.52. The van der Waals surface area contributed by atoms with Gasteiger partial charge in [-0.25, -0.2) is 0 Å². The van der Waals surface area contributed by atoms with Crippen molar-refractivity contribution < 1.29 is 27.6 Å². The molecular weight excluding hydrogens is 505 g/mol. The topological polar surface area (TPSA) is 59.6 Å². The second-order valence-corrected chi connectivity index (χ2v) is 11.2. The van der Waals surface area contributed by atoms with E-state index >= 15 is 4.39 Å². The van der Waals surface area contributed by atoms with Crippen LogP contribution in [0.5, 0.6) is 0 Å². The van der Waals surface area contributed by atoms with E-state index in [1.54, 1.807) is 0 Å². The Kier molecular flexibility index (Phi) is 4.10. The number of fused-ring (bicyclic) bond motifs is 16. The molecule has 9 rings (SSSR count). The molecule has 1 saturated carbocycles. The van der Waals surface area contributed by atoms with Crippen LogP contribution in [0.4, 0.5) is 4.39 Å². The van der Waals surface area contributed by atoms with E-state index in [0.29, 0.717) is 16.4 Å². The number of nitrogens with zero attached hydrogens (tertiary/aromatic N) is 1. The number of rotatable bonds is 2. The number of aryl methyl sites for hydroxylation is 2. The van der Waals surface area contributed by atoms with Crippen molar-refractivity contribution in [2.75, 3.05) is 7.11 Å². The molecule has 3 unspecified atom stereocenters. The molecular formula is C34H25FNO4+. The Morgan fingerprint density at radius 1 is 0.925 bits per heavy atom. The van der Waals surface area contributed by atoms with Gasteiger partial charge in [0, 0.05) is 28.7 Å². The highest BCUT2D eigenvalue weighted by atomic mass is 19.1. The predicted octanol–water partition coefficient (Wildman–Crippen LogP) is 7.59. The molecule has 0 saturated heterocycles. The van der Waals surface area contributed by atoms with Crippen molar-refractivity contribution in [1.82, 2.24) is 0 Å². The lowest BCUT2D eigenvalue weighted by Gasteiger charge is -2.17. The third-order valence-corrected chi connectivity index (χ3v) is 9.30. The van der Waals surface area contributed by atoms with Gasteiger partial charge in [0.05, 0.1) is 16.3 Å². The molecule has 3 aromatic heterocycles. The van der Waals surface area contributed by atoms with Gasteiger partial charge >= 0.3 is 0 Å². The molecule has 4 heterocycles. The zero-order chi connectivity index (χ0) is 27.1. The number of hydrogen-bond donors (Lipinski definition) is 1. The van der Waals surface area contributed by atoms with Crippen LogP contribution in [0.25, 0.3) is 65.9 Å². The predicted molar refractivity (Wildman–Crippen MR) is 152 cm³/mol. The maximum atomic E-state index is 16.3. The van der Waals surface area contributed by atoms with Crippen molar-refractivity contribution in [2.45, 2.75) is 38.0 Å². The summed E-state index contributed by atoms with van der Waals surface area (Å²) in [6.45, 7) is 4.18. The Bertz CT molecular complexity index is 2260.